The number of carbonyl (C=O) groups excluding carboxylic acids is 1. The van der Waals surface area contributed by atoms with Gasteiger partial charge in [0.25, 0.3) is 0 Å². The Labute approximate surface area is 105 Å². The van der Waals surface area contributed by atoms with E-state index in [0.717, 1.165) is 5.76 Å². The Balaban J connectivity index is 2.59. The fourth-order valence-corrected chi connectivity index (χ4v) is 1.44. The van der Waals surface area contributed by atoms with Crippen LogP contribution in [0.15, 0.2) is 34.0 Å². The van der Waals surface area contributed by atoms with Gasteiger partial charge in [0.05, 0.1) is 6.26 Å². The molecule has 0 bridgehead atoms. The number of aliphatic carboxylic acids is 1. The minimum Gasteiger partial charge on any atom is -0.478 e. The molecular weight excluding hydrogens is 234 g/mol. The van der Waals surface area contributed by atoms with Crippen LogP contribution in [0, 0.1) is 0 Å². The van der Waals surface area contributed by atoms with E-state index < -0.39 is 5.97 Å². The first kappa shape index (κ1) is 14.0. The molecule has 2 N–H and O–H groups in total. The van der Waals surface area contributed by atoms with E-state index in [-0.39, 0.29) is 23.1 Å². The van der Waals surface area contributed by atoms with Gasteiger partial charge < -0.3 is 14.8 Å². The number of carbonyl (C=O) groups is 2. The van der Waals surface area contributed by atoms with Gasteiger partial charge >= 0.3 is 5.97 Å². The van der Waals surface area contributed by atoms with E-state index in [4.69, 9.17) is 9.52 Å². The number of carboxylic acid groups (broad SMARTS) is 1. The topological polar surface area (TPSA) is 79.5 Å². The number of furan rings is 1. The highest BCUT2D eigenvalue weighted by Gasteiger charge is 2.15. The van der Waals surface area contributed by atoms with Crippen molar-refractivity contribution >= 4 is 11.9 Å². The van der Waals surface area contributed by atoms with E-state index in [1.54, 1.807) is 12.3 Å². The monoisotopic (exact) mass is 251 g/mol. The van der Waals surface area contributed by atoms with Crippen LogP contribution in [-0.4, -0.2) is 23.0 Å². The molecule has 98 valence electrons. The summed E-state index contributed by atoms with van der Waals surface area (Å²) in [4.78, 5) is 22.5. The Morgan fingerprint density at radius 2 is 2.06 bits per heavy atom. The molecule has 0 aromatic carbocycles. The summed E-state index contributed by atoms with van der Waals surface area (Å²) in [5.41, 5.74) is 0.270. The number of nitrogens with one attached hydrogen (secondary N) is 1. The third-order valence-electron chi connectivity index (χ3n) is 2.69. The minimum absolute atomic E-state index is 0.0534. The summed E-state index contributed by atoms with van der Waals surface area (Å²) in [6.45, 7) is 4.75. The van der Waals surface area contributed by atoms with Crippen molar-refractivity contribution in [2.75, 3.05) is 0 Å². The van der Waals surface area contributed by atoms with Gasteiger partial charge in [0, 0.05) is 23.6 Å². The molecule has 1 aromatic rings. The molecule has 5 heteroatoms. The van der Waals surface area contributed by atoms with E-state index in [1.807, 2.05) is 13.0 Å². The van der Waals surface area contributed by atoms with Crippen LogP contribution in [0.2, 0.25) is 0 Å². The summed E-state index contributed by atoms with van der Waals surface area (Å²) in [6.07, 6.45) is 2.14. The fourth-order valence-electron chi connectivity index (χ4n) is 1.44. The second kappa shape index (κ2) is 6.05. The average molecular weight is 251 g/mol. The van der Waals surface area contributed by atoms with Gasteiger partial charge in [0.2, 0.25) is 5.91 Å². The SMILES string of the molecule is CC(C(=O)O)=C(C)C(=O)NC(C)Cc1ccco1. The standard InChI is InChI=1S/C13H17NO4/c1-8(7-11-5-4-6-18-11)14-12(15)9(2)10(3)13(16)17/h4-6,8H,7H2,1-3H3,(H,14,15)(H,16,17). The van der Waals surface area contributed by atoms with E-state index >= 15 is 0 Å². The highest BCUT2D eigenvalue weighted by atomic mass is 16.4. The molecule has 1 rings (SSSR count). The lowest BCUT2D eigenvalue weighted by Gasteiger charge is -2.13. The normalized spacial score (nSPS) is 13.7. The van der Waals surface area contributed by atoms with E-state index in [1.165, 1.54) is 13.8 Å². The molecule has 18 heavy (non-hydrogen) atoms. The van der Waals surface area contributed by atoms with Crippen molar-refractivity contribution in [2.24, 2.45) is 0 Å². The third kappa shape index (κ3) is 3.76. The molecule has 1 amide bonds. The Morgan fingerprint density at radius 1 is 1.39 bits per heavy atom. The molecule has 0 spiro atoms. The Morgan fingerprint density at radius 3 is 2.56 bits per heavy atom. The molecule has 0 radical (unpaired) electrons. The first-order chi connectivity index (χ1) is 8.41. The summed E-state index contributed by atoms with van der Waals surface area (Å²) < 4.78 is 5.17. The molecule has 1 unspecified atom stereocenters. The molecule has 0 aliphatic heterocycles. The zero-order chi connectivity index (χ0) is 13.7. The van der Waals surface area contributed by atoms with Crippen molar-refractivity contribution in [1.29, 1.82) is 0 Å². The quantitative estimate of drug-likeness (QED) is 0.781. The summed E-state index contributed by atoms with van der Waals surface area (Å²) in [5.74, 6) is -0.672. The first-order valence-corrected chi connectivity index (χ1v) is 5.65. The van der Waals surface area contributed by atoms with Crippen LogP contribution in [0.25, 0.3) is 0 Å². The number of amides is 1. The van der Waals surface area contributed by atoms with Gasteiger partial charge in [0.1, 0.15) is 5.76 Å². The third-order valence-corrected chi connectivity index (χ3v) is 2.69. The Hall–Kier alpha value is -2.04. The van der Waals surface area contributed by atoms with Crippen molar-refractivity contribution in [1.82, 2.24) is 5.32 Å². The second-order valence-corrected chi connectivity index (χ2v) is 4.21. The second-order valence-electron chi connectivity index (χ2n) is 4.21. The minimum atomic E-state index is -1.08. The van der Waals surface area contributed by atoms with Gasteiger partial charge in [-0.25, -0.2) is 4.79 Å². The zero-order valence-electron chi connectivity index (χ0n) is 10.7. The van der Waals surface area contributed by atoms with Crippen molar-refractivity contribution in [3.63, 3.8) is 0 Å². The van der Waals surface area contributed by atoms with Crippen LogP contribution in [0.4, 0.5) is 0 Å². The smallest absolute Gasteiger partial charge is 0.331 e. The molecule has 5 nitrogen and oxygen atoms in total. The summed E-state index contributed by atoms with van der Waals surface area (Å²) >= 11 is 0. The van der Waals surface area contributed by atoms with Gasteiger partial charge in [0.15, 0.2) is 0 Å². The lowest BCUT2D eigenvalue weighted by molar-refractivity contribution is -0.133. The lowest BCUT2D eigenvalue weighted by atomic mass is 10.1. The van der Waals surface area contributed by atoms with Crippen LogP contribution in [0.5, 0.6) is 0 Å². The predicted octanol–water partition coefficient (Wildman–Crippen LogP) is 1.75. The summed E-state index contributed by atoms with van der Waals surface area (Å²) in [5, 5.41) is 11.5. The first-order valence-electron chi connectivity index (χ1n) is 5.65. The van der Waals surface area contributed by atoms with Crippen molar-refractivity contribution in [2.45, 2.75) is 33.2 Å². The van der Waals surface area contributed by atoms with E-state index in [9.17, 15) is 9.59 Å². The maximum Gasteiger partial charge on any atom is 0.331 e. The van der Waals surface area contributed by atoms with Gasteiger partial charge in [-0.15, -0.1) is 0 Å². The van der Waals surface area contributed by atoms with E-state index in [2.05, 4.69) is 5.32 Å². The molecule has 1 atom stereocenters. The van der Waals surface area contributed by atoms with Crippen LogP contribution in [-0.2, 0) is 16.0 Å². The highest BCUT2D eigenvalue weighted by Crippen LogP contribution is 2.07. The number of rotatable bonds is 5. The Bertz CT molecular complexity index is 459. The van der Waals surface area contributed by atoms with Crippen LogP contribution in [0.1, 0.15) is 26.5 Å². The van der Waals surface area contributed by atoms with Gasteiger partial charge in [-0.3, -0.25) is 4.79 Å². The molecule has 0 saturated heterocycles. The summed E-state index contributed by atoms with van der Waals surface area (Å²) in [7, 11) is 0. The summed E-state index contributed by atoms with van der Waals surface area (Å²) in [6, 6.07) is 3.48. The van der Waals surface area contributed by atoms with Gasteiger partial charge in [-0.05, 0) is 32.9 Å². The van der Waals surface area contributed by atoms with Gasteiger partial charge in [-0.2, -0.15) is 0 Å². The lowest BCUT2D eigenvalue weighted by Crippen LogP contribution is -2.35. The van der Waals surface area contributed by atoms with Crippen LogP contribution >= 0.6 is 0 Å². The molecule has 0 aliphatic carbocycles. The number of hydrogen-bond donors (Lipinski definition) is 2. The molecular formula is C13H17NO4. The average Bonchev–Trinajstić information content (AvgIpc) is 2.79. The van der Waals surface area contributed by atoms with E-state index in [0.29, 0.717) is 6.42 Å². The van der Waals surface area contributed by atoms with Gasteiger partial charge in [-0.1, -0.05) is 0 Å². The van der Waals surface area contributed by atoms with Crippen molar-refractivity contribution in [3.8, 4) is 0 Å². The molecule has 1 heterocycles. The fraction of sp³-hybridized carbons (Fsp3) is 0.385. The molecule has 1 aromatic heterocycles. The largest absolute Gasteiger partial charge is 0.478 e. The highest BCUT2D eigenvalue weighted by molar-refractivity contribution is 6.01. The maximum absolute atomic E-state index is 11.8. The molecule has 0 fully saturated rings. The Kier molecular flexibility index (Phi) is 4.71. The van der Waals surface area contributed by atoms with Crippen LogP contribution in [0.3, 0.4) is 0 Å². The number of carboxylic acids is 1. The zero-order valence-corrected chi connectivity index (χ0v) is 10.7. The molecule has 0 aliphatic rings. The van der Waals surface area contributed by atoms with Crippen molar-refractivity contribution < 1.29 is 19.1 Å². The molecule has 0 saturated carbocycles. The van der Waals surface area contributed by atoms with Crippen molar-refractivity contribution in [3.05, 3.63) is 35.3 Å². The predicted molar refractivity (Wildman–Crippen MR) is 66.0 cm³/mol. The number of hydrogen-bond acceptors (Lipinski definition) is 3. The maximum atomic E-state index is 11.8. The van der Waals surface area contributed by atoms with Crippen LogP contribution < -0.4 is 5.32 Å².